The topological polar surface area (TPSA) is 121 Å². The molecule has 2 amide bonds. The lowest BCUT2D eigenvalue weighted by Gasteiger charge is -2.53. The Morgan fingerprint density at radius 2 is 2.06 bits per heavy atom. The molecule has 2 aromatic heterocycles. The molecule has 2 heterocycles. The number of amides is 2. The van der Waals surface area contributed by atoms with Crippen LogP contribution < -0.4 is 15.8 Å². The van der Waals surface area contributed by atoms with E-state index in [1.807, 2.05) is 31.3 Å². The van der Waals surface area contributed by atoms with Crippen LogP contribution in [0.4, 0.5) is 4.39 Å². The highest BCUT2D eigenvalue weighted by atomic mass is 35.5. The summed E-state index contributed by atoms with van der Waals surface area (Å²) in [6, 6.07) is 9.98. The van der Waals surface area contributed by atoms with Crippen LogP contribution in [0.15, 0.2) is 55.0 Å². The van der Waals surface area contributed by atoms with E-state index < -0.39 is 5.82 Å². The third-order valence-electron chi connectivity index (χ3n) is 5.60. The monoisotopic (exact) mass is 517 g/mol. The van der Waals surface area contributed by atoms with E-state index in [4.69, 9.17) is 25.9 Å². The fourth-order valence-corrected chi connectivity index (χ4v) is 4.64. The summed E-state index contributed by atoms with van der Waals surface area (Å²) in [5.41, 5.74) is 4.61. The maximum atomic E-state index is 13.6. The van der Waals surface area contributed by atoms with E-state index in [2.05, 4.69) is 28.1 Å². The second-order valence-corrected chi connectivity index (χ2v) is 9.65. The van der Waals surface area contributed by atoms with Gasteiger partial charge in [-0.1, -0.05) is 24.6 Å². The number of carbonyl (C=O) groups excluding carboxylic acids is 2. The van der Waals surface area contributed by atoms with Crippen LogP contribution in [0.5, 0.6) is 5.75 Å². The van der Waals surface area contributed by atoms with Crippen molar-refractivity contribution in [3.8, 4) is 11.6 Å². The van der Waals surface area contributed by atoms with Gasteiger partial charge in [0.15, 0.2) is 5.82 Å². The van der Waals surface area contributed by atoms with Gasteiger partial charge < -0.3 is 20.5 Å². The summed E-state index contributed by atoms with van der Waals surface area (Å²) >= 11 is 5.70. The zero-order chi connectivity index (χ0) is 26.2. The largest absolute Gasteiger partial charge is 0.493 e. The molecule has 4 rings (SSSR count). The molecule has 1 fully saturated rings. The molecule has 0 spiro atoms. The van der Waals surface area contributed by atoms with E-state index >= 15 is 0 Å². The van der Waals surface area contributed by atoms with E-state index in [0.717, 1.165) is 18.4 Å². The number of nitrogens with zero attached hydrogens (tertiary/aromatic N) is 3. The SMILES string of the molecule is CC1(COc2ccc(Cl)c(F)c2)CC(C)(NC(=O)COCc2ccc(-n3cccn3)nc2)C1.NC=O. The minimum absolute atomic E-state index is 0.0340. The molecule has 0 atom stereocenters. The summed E-state index contributed by atoms with van der Waals surface area (Å²) in [7, 11) is 0. The quantitative estimate of drug-likeness (QED) is 0.419. The van der Waals surface area contributed by atoms with Crippen molar-refractivity contribution in [2.45, 2.75) is 38.8 Å². The number of primary amides is 1. The summed E-state index contributed by atoms with van der Waals surface area (Å²) in [5, 5.41) is 7.25. The minimum Gasteiger partial charge on any atom is -0.493 e. The fourth-order valence-electron chi connectivity index (χ4n) is 4.52. The van der Waals surface area contributed by atoms with Gasteiger partial charge in [0.05, 0.1) is 18.2 Å². The van der Waals surface area contributed by atoms with E-state index in [-0.39, 0.29) is 34.9 Å². The Bertz CT molecular complexity index is 1150. The number of benzene rings is 1. The first-order chi connectivity index (χ1) is 17.1. The molecular formula is C25H29ClFN5O4. The predicted molar refractivity (Wildman–Crippen MR) is 132 cm³/mol. The third-order valence-corrected chi connectivity index (χ3v) is 5.91. The first-order valence-corrected chi connectivity index (χ1v) is 11.6. The van der Waals surface area contributed by atoms with Crippen molar-refractivity contribution < 1.29 is 23.5 Å². The molecule has 9 nitrogen and oxygen atoms in total. The average Bonchev–Trinajstić information content (AvgIpc) is 3.35. The number of hydrogen-bond donors (Lipinski definition) is 2. The Balaban J connectivity index is 0.00000115. The van der Waals surface area contributed by atoms with Gasteiger partial charge in [0.2, 0.25) is 12.3 Å². The van der Waals surface area contributed by atoms with Crippen molar-refractivity contribution in [1.29, 1.82) is 0 Å². The molecule has 36 heavy (non-hydrogen) atoms. The maximum Gasteiger partial charge on any atom is 0.246 e. The Labute approximate surface area is 213 Å². The summed E-state index contributed by atoms with van der Waals surface area (Å²) in [4.78, 5) is 25.3. The lowest BCUT2D eigenvalue weighted by atomic mass is 9.59. The molecule has 11 heteroatoms. The number of carbonyl (C=O) groups is 2. The van der Waals surface area contributed by atoms with Gasteiger partial charge in [0.25, 0.3) is 0 Å². The molecule has 0 unspecified atom stereocenters. The Kier molecular flexibility index (Phi) is 9.00. The van der Waals surface area contributed by atoms with E-state index in [1.54, 1.807) is 23.1 Å². The van der Waals surface area contributed by atoms with E-state index in [0.29, 0.717) is 24.8 Å². The van der Waals surface area contributed by atoms with Gasteiger partial charge in [-0.2, -0.15) is 5.10 Å². The van der Waals surface area contributed by atoms with Crippen molar-refractivity contribution >= 4 is 23.9 Å². The highest BCUT2D eigenvalue weighted by Crippen LogP contribution is 2.48. The standard InChI is InChI=1S/C24H26ClFN4O3.CH3NO/c1-23(16-33-18-5-6-19(25)20(26)10-18)14-24(2,15-23)29-22(31)13-32-12-17-4-7-21(27-11-17)30-9-3-8-28-30;2-1-3/h3-11H,12-16H2,1-2H3,(H,29,31);1H,(H2,2,3). The van der Waals surface area contributed by atoms with Crippen LogP contribution in [0.25, 0.3) is 5.82 Å². The highest BCUT2D eigenvalue weighted by Gasteiger charge is 2.50. The van der Waals surface area contributed by atoms with Gasteiger partial charge in [0, 0.05) is 35.6 Å². The lowest BCUT2D eigenvalue weighted by molar-refractivity contribution is -0.131. The first kappa shape index (κ1) is 27.1. The number of rotatable bonds is 9. The van der Waals surface area contributed by atoms with Crippen LogP contribution in [0.2, 0.25) is 5.02 Å². The van der Waals surface area contributed by atoms with Gasteiger partial charge >= 0.3 is 0 Å². The van der Waals surface area contributed by atoms with Crippen molar-refractivity contribution in [3.63, 3.8) is 0 Å². The van der Waals surface area contributed by atoms with Crippen LogP contribution in [0.1, 0.15) is 32.3 Å². The number of hydrogen-bond acceptors (Lipinski definition) is 6. The van der Waals surface area contributed by atoms with Gasteiger partial charge in [-0.3, -0.25) is 9.59 Å². The van der Waals surface area contributed by atoms with Crippen LogP contribution in [-0.2, 0) is 20.9 Å². The lowest BCUT2D eigenvalue weighted by Crippen LogP contribution is -2.61. The molecule has 0 aliphatic heterocycles. The van der Waals surface area contributed by atoms with Crippen molar-refractivity contribution in [2.24, 2.45) is 11.1 Å². The maximum absolute atomic E-state index is 13.6. The van der Waals surface area contributed by atoms with Crippen molar-refractivity contribution in [3.05, 3.63) is 71.4 Å². The molecular weight excluding hydrogens is 489 g/mol. The molecule has 1 aliphatic carbocycles. The third kappa shape index (κ3) is 7.50. The summed E-state index contributed by atoms with van der Waals surface area (Å²) < 4.78 is 26.5. The molecule has 1 aliphatic rings. The average molecular weight is 518 g/mol. The number of aromatic nitrogens is 3. The Morgan fingerprint density at radius 1 is 1.31 bits per heavy atom. The van der Waals surface area contributed by atoms with Gasteiger partial charge in [-0.25, -0.2) is 14.1 Å². The van der Waals surface area contributed by atoms with E-state index in [1.165, 1.54) is 12.1 Å². The molecule has 3 N–H and O–H groups in total. The number of nitrogens with two attached hydrogens (primary N) is 1. The first-order valence-electron chi connectivity index (χ1n) is 11.2. The van der Waals surface area contributed by atoms with Crippen LogP contribution in [-0.4, -0.2) is 45.8 Å². The minimum atomic E-state index is -0.505. The zero-order valence-corrected chi connectivity index (χ0v) is 20.9. The summed E-state index contributed by atoms with van der Waals surface area (Å²) in [6.45, 7) is 4.78. The van der Waals surface area contributed by atoms with Crippen LogP contribution >= 0.6 is 11.6 Å². The zero-order valence-electron chi connectivity index (χ0n) is 20.1. The van der Waals surface area contributed by atoms with Crippen molar-refractivity contribution in [1.82, 2.24) is 20.1 Å². The molecule has 0 bridgehead atoms. The number of halogens is 2. The summed E-state index contributed by atoms with van der Waals surface area (Å²) in [6.07, 6.45) is 6.97. The van der Waals surface area contributed by atoms with Gasteiger partial charge in [-0.15, -0.1) is 0 Å². The molecule has 192 valence electrons. The summed E-state index contributed by atoms with van der Waals surface area (Å²) in [5.74, 6) is 0.486. The Morgan fingerprint density at radius 3 is 2.67 bits per heavy atom. The van der Waals surface area contributed by atoms with Crippen LogP contribution in [0.3, 0.4) is 0 Å². The number of pyridine rings is 1. The normalized spacial score (nSPS) is 20.4. The smallest absolute Gasteiger partial charge is 0.246 e. The highest BCUT2D eigenvalue weighted by molar-refractivity contribution is 6.30. The van der Waals surface area contributed by atoms with Gasteiger partial charge in [-0.05, 0) is 49.6 Å². The number of ether oxygens (including phenoxy) is 2. The molecule has 1 aromatic carbocycles. The second kappa shape index (κ2) is 12.0. The molecule has 1 saturated carbocycles. The molecule has 3 aromatic rings. The predicted octanol–water partition coefficient (Wildman–Crippen LogP) is 3.43. The molecule has 0 saturated heterocycles. The van der Waals surface area contributed by atoms with E-state index in [9.17, 15) is 9.18 Å². The van der Waals surface area contributed by atoms with Gasteiger partial charge in [0.1, 0.15) is 18.2 Å². The Hall–Kier alpha value is -3.50. The second-order valence-electron chi connectivity index (χ2n) is 9.24. The fraction of sp³-hybridized carbons (Fsp3) is 0.360. The van der Waals surface area contributed by atoms with Crippen LogP contribution in [0, 0.1) is 11.2 Å². The number of nitrogens with one attached hydrogen (secondary N) is 1. The van der Waals surface area contributed by atoms with Crippen molar-refractivity contribution in [2.75, 3.05) is 13.2 Å². The molecule has 0 radical (unpaired) electrons.